The molecule has 1 heterocycles. The molecule has 0 saturated carbocycles. The summed E-state index contributed by atoms with van der Waals surface area (Å²) in [5.41, 5.74) is 2.44. The van der Waals surface area contributed by atoms with Gasteiger partial charge in [-0.3, -0.25) is 4.79 Å². The van der Waals surface area contributed by atoms with Crippen LogP contribution in [0.5, 0.6) is 5.75 Å². The second kappa shape index (κ2) is 10.4. The molecular formula is C22H20ClFN4O2. The van der Waals surface area contributed by atoms with E-state index >= 15 is 0 Å². The molecule has 0 aliphatic rings. The number of nitrogens with one attached hydrogen (secondary N) is 2. The number of carbonyl (C=O) groups excluding carboxylic acids is 1. The Morgan fingerprint density at radius 2 is 1.97 bits per heavy atom. The van der Waals surface area contributed by atoms with Crippen molar-refractivity contribution in [3.8, 4) is 17.0 Å². The molecule has 1 aromatic heterocycles. The topological polar surface area (TPSA) is 76.1 Å². The van der Waals surface area contributed by atoms with Gasteiger partial charge in [0.1, 0.15) is 11.6 Å². The first-order chi connectivity index (χ1) is 14.5. The Kier molecular flexibility index (Phi) is 7.34. The summed E-state index contributed by atoms with van der Waals surface area (Å²) in [4.78, 5) is 20.5. The van der Waals surface area contributed by atoms with E-state index in [0.29, 0.717) is 24.6 Å². The van der Waals surface area contributed by atoms with Gasteiger partial charge in [0.2, 0.25) is 5.95 Å². The summed E-state index contributed by atoms with van der Waals surface area (Å²) < 4.78 is 18.6. The third-order valence-electron chi connectivity index (χ3n) is 4.02. The van der Waals surface area contributed by atoms with Crippen molar-refractivity contribution in [2.45, 2.75) is 6.42 Å². The van der Waals surface area contributed by atoms with Crippen molar-refractivity contribution >= 4 is 23.5 Å². The van der Waals surface area contributed by atoms with Crippen LogP contribution in [-0.2, 0) is 4.79 Å². The predicted octanol–water partition coefficient (Wildman–Crippen LogP) is 4.45. The van der Waals surface area contributed by atoms with Crippen LogP contribution >= 0.6 is 11.6 Å². The van der Waals surface area contributed by atoms with Crippen molar-refractivity contribution in [3.63, 3.8) is 0 Å². The predicted molar refractivity (Wildman–Crippen MR) is 115 cm³/mol. The van der Waals surface area contributed by atoms with Crippen LogP contribution in [0.3, 0.4) is 0 Å². The second-order valence-corrected chi connectivity index (χ2v) is 6.73. The van der Waals surface area contributed by atoms with E-state index in [9.17, 15) is 9.18 Å². The number of hydrogen-bond acceptors (Lipinski definition) is 5. The fourth-order valence-electron chi connectivity index (χ4n) is 2.53. The van der Waals surface area contributed by atoms with Crippen molar-refractivity contribution in [3.05, 3.63) is 83.9 Å². The molecule has 6 nitrogen and oxygen atoms in total. The van der Waals surface area contributed by atoms with E-state index in [0.717, 1.165) is 17.3 Å². The third kappa shape index (κ3) is 6.28. The fraction of sp³-hybridized carbons (Fsp3) is 0.136. The number of anilines is 1. The summed E-state index contributed by atoms with van der Waals surface area (Å²) in [7, 11) is 0. The van der Waals surface area contributed by atoms with Gasteiger partial charge in [-0.15, -0.1) is 0 Å². The van der Waals surface area contributed by atoms with Crippen LogP contribution in [0.1, 0.15) is 6.42 Å². The van der Waals surface area contributed by atoms with Crippen LogP contribution in [0, 0.1) is 5.82 Å². The molecule has 0 aliphatic carbocycles. The molecule has 0 unspecified atom stereocenters. The van der Waals surface area contributed by atoms with Gasteiger partial charge in [-0.1, -0.05) is 48.5 Å². The Morgan fingerprint density at radius 1 is 1.17 bits per heavy atom. The number of halogens is 2. The van der Waals surface area contributed by atoms with Crippen molar-refractivity contribution in [2.24, 2.45) is 0 Å². The molecule has 0 aliphatic heterocycles. The maximum Gasteiger partial charge on any atom is 0.257 e. The molecule has 0 atom stereocenters. The second-order valence-electron chi connectivity index (χ2n) is 6.32. The van der Waals surface area contributed by atoms with Crippen LogP contribution in [0.25, 0.3) is 11.3 Å². The quantitative estimate of drug-likeness (QED) is 0.528. The SMILES string of the molecule is C=C(CCNC(=O)COc1ccc(Cl)c(F)c1)Nc1nccc(-c2ccccc2)n1. The van der Waals surface area contributed by atoms with Gasteiger partial charge in [-0.25, -0.2) is 14.4 Å². The fourth-order valence-corrected chi connectivity index (χ4v) is 2.65. The monoisotopic (exact) mass is 426 g/mol. The average molecular weight is 427 g/mol. The Morgan fingerprint density at radius 3 is 2.73 bits per heavy atom. The molecule has 0 spiro atoms. The summed E-state index contributed by atoms with van der Waals surface area (Å²) in [6.07, 6.45) is 2.14. The van der Waals surface area contributed by atoms with E-state index < -0.39 is 5.82 Å². The average Bonchev–Trinajstić information content (AvgIpc) is 2.75. The lowest BCUT2D eigenvalue weighted by Gasteiger charge is -2.11. The van der Waals surface area contributed by atoms with E-state index in [2.05, 4.69) is 27.2 Å². The molecule has 3 aromatic rings. The zero-order chi connectivity index (χ0) is 21.3. The minimum Gasteiger partial charge on any atom is -0.484 e. The van der Waals surface area contributed by atoms with Gasteiger partial charge in [0.15, 0.2) is 6.61 Å². The van der Waals surface area contributed by atoms with Crippen molar-refractivity contribution < 1.29 is 13.9 Å². The summed E-state index contributed by atoms with van der Waals surface area (Å²) in [5.74, 6) is -0.273. The minimum atomic E-state index is -0.601. The van der Waals surface area contributed by atoms with Gasteiger partial charge < -0.3 is 15.4 Å². The summed E-state index contributed by atoms with van der Waals surface area (Å²) in [5, 5.41) is 5.75. The third-order valence-corrected chi connectivity index (χ3v) is 4.33. The maximum absolute atomic E-state index is 13.4. The first-order valence-corrected chi connectivity index (χ1v) is 9.57. The summed E-state index contributed by atoms with van der Waals surface area (Å²) in [6, 6.07) is 15.6. The minimum absolute atomic E-state index is 0.00361. The first-order valence-electron chi connectivity index (χ1n) is 9.19. The number of nitrogens with zero attached hydrogens (tertiary/aromatic N) is 2. The number of rotatable bonds is 9. The number of aromatic nitrogens is 2. The zero-order valence-corrected chi connectivity index (χ0v) is 16.8. The Hall–Kier alpha value is -3.45. The molecule has 0 radical (unpaired) electrons. The number of amides is 1. The highest BCUT2D eigenvalue weighted by molar-refractivity contribution is 6.30. The van der Waals surface area contributed by atoms with Crippen molar-refractivity contribution in [1.82, 2.24) is 15.3 Å². The Balaban J connectivity index is 1.41. The molecule has 30 heavy (non-hydrogen) atoms. The maximum atomic E-state index is 13.4. The molecule has 3 rings (SSSR count). The number of carbonyl (C=O) groups is 1. The highest BCUT2D eigenvalue weighted by Gasteiger charge is 2.07. The molecule has 8 heteroatoms. The van der Waals surface area contributed by atoms with Crippen LogP contribution in [0.2, 0.25) is 5.02 Å². The van der Waals surface area contributed by atoms with E-state index in [1.54, 1.807) is 6.20 Å². The van der Waals surface area contributed by atoms with Crippen molar-refractivity contribution in [1.29, 1.82) is 0 Å². The number of benzene rings is 2. The lowest BCUT2D eigenvalue weighted by Crippen LogP contribution is -2.30. The van der Waals surface area contributed by atoms with Crippen molar-refractivity contribution in [2.75, 3.05) is 18.5 Å². The van der Waals surface area contributed by atoms with Gasteiger partial charge in [-0.2, -0.15) is 0 Å². The molecule has 2 aromatic carbocycles. The number of hydrogen-bond donors (Lipinski definition) is 2. The standard InChI is InChI=1S/C22H20ClFN4O2/c1-15(27-22-26-12-10-20(28-22)16-5-3-2-4-6-16)9-11-25-21(29)14-30-17-7-8-18(23)19(24)13-17/h2-8,10,12-13H,1,9,11,14H2,(H,25,29)(H,26,27,28). The van der Waals surface area contributed by atoms with E-state index in [1.165, 1.54) is 12.1 Å². The Bertz CT molecular complexity index is 1030. The van der Waals surface area contributed by atoms with E-state index in [1.807, 2.05) is 36.4 Å². The first kappa shape index (κ1) is 21.3. The van der Waals surface area contributed by atoms with E-state index in [4.69, 9.17) is 16.3 Å². The van der Waals surface area contributed by atoms with Crippen LogP contribution < -0.4 is 15.4 Å². The highest BCUT2D eigenvalue weighted by Crippen LogP contribution is 2.20. The molecule has 2 N–H and O–H groups in total. The lowest BCUT2D eigenvalue weighted by atomic mass is 10.1. The molecular weight excluding hydrogens is 407 g/mol. The van der Waals surface area contributed by atoms with Crippen LogP contribution in [0.4, 0.5) is 10.3 Å². The summed E-state index contributed by atoms with van der Waals surface area (Å²) >= 11 is 5.61. The van der Waals surface area contributed by atoms with E-state index in [-0.39, 0.29) is 23.3 Å². The molecule has 0 bridgehead atoms. The highest BCUT2D eigenvalue weighted by atomic mass is 35.5. The normalized spacial score (nSPS) is 10.3. The lowest BCUT2D eigenvalue weighted by molar-refractivity contribution is -0.123. The molecule has 1 amide bonds. The number of ether oxygens (including phenoxy) is 1. The van der Waals surface area contributed by atoms with Gasteiger partial charge in [0.05, 0.1) is 10.7 Å². The summed E-state index contributed by atoms with van der Waals surface area (Å²) in [6.45, 7) is 4.05. The molecule has 154 valence electrons. The van der Waals surface area contributed by atoms with Gasteiger partial charge >= 0.3 is 0 Å². The molecule has 0 fully saturated rings. The van der Waals surface area contributed by atoms with Gasteiger partial charge in [0, 0.05) is 36.5 Å². The van der Waals surface area contributed by atoms with Gasteiger partial charge in [-0.05, 0) is 18.2 Å². The smallest absolute Gasteiger partial charge is 0.257 e. The van der Waals surface area contributed by atoms with Gasteiger partial charge in [0.25, 0.3) is 5.91 Å². The Labute approximate surface area is 178 Å². The van der Waals surface area contributed by atoms with Crippen LogP contribution in [0.15, 0.2) is 73.1 Å². The molecule has 0 saturated heterocycles. The largest absolute Gasteiger partial charge is 0.484 e. The van der Waals surface area contributed by atoms with Crippen LogP contribution in [-0.4, -0.2) is 29.0 Å². The zero-order valence-electron chi connectivity index (χ0n) is 16.1.